The van der Waals surface area contributed by atoms with E-state index < -0.39 is 27.0 Å². The van der Waals surface area contributed by atoms with Crippen molar-refractivity contribution in [2.45, 2.75) is 0 Å². The van der Waals surface area contributed by atoms with Crippen LogP contribution in [0.1, 0.15) is 5.56 Å². The Labute approximate surface area is 172 Å². The van der Waals surface area contributed by atoms with Crippen LogP contribution in [0.15, 0.2) is 53.8 Å². The second-order valence-electron chi connectivity index (χ2n) is 5.55. The third-order valence-corrected chi connectivity index (χ3v) is 3.72. The Morgan fingerprint density at radius 3 is 2.70 bits per heavy atom. The van der Waals surface area contributed by atoms with Gasteiger partial charge < -0.3 is 4.74 Å². The maximum Gasteiger partial charge on any atom is 0.301 e. The summed E-state index contributed by atoms with van der Waals surface area (Å²) in [5.74, 6) is -0.928. The van der Waals surface area contributed by atoms with Crippen LogP contribution >= 0.6 is 11.6 Å². The van der Waals surface area contributed by atoms with E-state index in [-0.39, 0.29) is 22.6 Å². The van der Waals surface area contributed by atoms with E-state index in [4.69, 9.17) is 16.3 Å². The SMILES string of the molecule is O=[N+]([O-])c1ccc(N/N=C\c2cccc(Oc3nc(Cl)ncc3F)c2)c([N+](=O)[O-])c1. The van der Waals surface area contributed by atoms with E-state index in [2.05, 4.69) is 20.5 Å². The zero-order valence-electron chi connectivity index (χ0n) is 14.7. The highest BCUT2D eigenvalue weighted by atomic mass is 35.5. The fourth-order valence-corrected chi connectivity index (χ4v) is 2.35. The number of nitrogens with one attached hydrogen (secondary N) is 1. The molecular weight excluding hydrogens is 423 g/mol. The van der Waals surface area contributed by atoms with Crippen molar-refractivity contribution in [3.05, 3.63) is 85.6 Å². The van der Waals surface area contributed by atoms with Crippen molar-refractivity contribution >= 4 is 34.9 Å². The van der Waals surface area contributed by atoms with E-state index in [1.807, 2.05) is 0 Å². The molecule has 3 rings (SSSR count). The maximum absolute atomic E-state index is 13.7. The first-order valence-electron chi connectivity index (χ1n) is 8.01. The summed E-state index contributed by atoms with van der Waals surface area (Å²) < 4.78 is 19.0. The number of hydrogen-bond acceptors (Lipinski definition) is 9. The van der Waals surface area contributed by atoms with Gasteiger partial charge in [0.1, 0.15) is 11.4 Å². The monoisotopic (exact) mass is 432 g/mol. The molecule has 1 aromatic heterocycles. The molecule has 0 radical (unpaired) electrons. The van der Waals surface area contributed by atoms with Gasteiger partial charge in [0.15, 0.2) is 0 Å². The molecule has 0 unspecified atom stereocenters. The van der Waals surface area contributed by atoms with E-state index in [1.54, 1.807) is 18.2 Å². The topological polar surface area (TPSA) is 146 Å². The largest absolute Gasteiger partial charge is 0.436 e. The number of benzene rings is 2. The van der Waals surface area contributed by atoms with Crippen LogP contribution in [-0.4, -0.2) is 26.0 Å². The average Bonchev–Trinajstić information content (AvgIpc) is 2.71. The molecule has 3 aromatic rings. The summed E-state index contributed by atoms with van der Waals surface area (Å²) in [6.07, 6.45) is 2.19. The van der Waals surface area contributed by atoms with E-state index in [9.17, 15) is 24.6 Å². The summed E-state index contributed by atoms with van der Waals surface area (Å²) in [7, 11) is 0. The number of rotatable bonds is 7. The van der Waals surface area contributed by atoms with Crippen LogP contribution in [0.5, 0.6) is 11.6 Å². The van der Waals surface area contributed by atoms with Crippen LogP contribution < -0.4 is 10.2 Å². The molecule has 1 N–H and O–H groups in total. The minimum atomic E-state index is -0.800. The number of aromatic nitrogens is 2. The Balaban J connectivity index is 1.76. The predicted octanol–water partition coefficient (Wildman–Crippen LogP) is 4.32. The summed E-state index contributed by atoms with van der Waals surface area (Å²) in [5.41, 5.74) is 2.01. The normalized spacial score (nSPS) is 10.7. The van der Waals surface area contributed by atoms with Crippen molar-refractivity contribution in [2.75, 3.05) is 5.43 Å². The van der Waals surface area contributed by atoms with Gasteiger partial charge in [-0.3, -0.25) is 25.7 Å². The number of nitro groups is 2. The van der Waals surface area contributed by atoms with Gasteiger partial charge in [0.2, 0.25) is 11.1 Å². The Morgan fingerprint density at radius 1 is 1.17 bits per heavy atom. The number of halogens is 2. The van der Waals surface area contributed by atoms with Gasteiger partial charge >= 0.3 is 5.69 Å². The van der Waals surface area contributed by atoms with E-state index in [0.29, 0.717) is 5.56 Å². The van der Waals surface area contributed by atoms with Gasteiger partial charge in [-0.25, -0.2) is 4.98 Å². The number of hydrogen-bond donors (Lipinski definition) is 1. The molecule has 1 heterocycles. The maximum atomic E-state index is 13.7. The highest BCUT2D eigenvalue weighted by molar-refractivity contribution is 6.28. The fourth-order valence-electron chi connectivity index (χ4n) is 2.23. The lowest BCUT2D eigenvalue weighted by molar-refractivity contribution is -0.393. The highest BCUT2D eigenvalue weighted by Crippen LogP contribution is 2.29. The second-order valence-corrected chi connectivity index (χ2v) is 5.89. The molecule has 13 heteroatoms. The Morgan fingerprint density at radius 2 is 1.97 bits per heavy atom. The smallest absolute Gasteiger partial charge is 0.301 e. The van der Waals surface area contributed by atoms with Crippen LogP contribution in [0.3, 0.4) is 0 Å². The van der Waals surface area contributed by atoms with Crippen molar-refractivity contribution in [1.82, 2.24) is 9.97 Å². The quantitative estimate of drug-likeness (QED) is 0.251. The number of nitro benzene ring substituents is 2. The third kappa shape index (κ3) is 4.99. The molecule has 0 atom stereocenters. The van der Waals surface area contributed by atoms with Crippen LogP contribution in [0, 0.1) is 26.0 Å². The molecule has 0 saturated carbocycles. The molecule has 0 amide bonds. The summed E-state index contributed by atoms with van der Waals surface area (Å²) in [6.45, 7) is 0. The molecule has 0 fully saturated rings. The molecule has 0 aliphatic heterocycles. The van der Waals surface area contributed by atoms with Crippen LogP contribution in [0.4, 0.5) is 21.5 Å². The second kappa shape index (κ2) is 8.87. The summed E-state index contributed by atoms with van der Waals surface area (Å²) >= 11 is 5.62. The van der Waals surface area contributed by atoms with E-state index in [1.165, 1.54) is 18.3 Å². The molecular formula is C17H10ClFN6O5. The molecule has 0 spiro atoms. The summed E-state index contributed by atoms with van der Waals surface area (Å²) in [4.78, 5) is 27.5. The zero-order chi connectivity index (χ0) is 21.7. The summed E-state index contributed by atoms with van der Waals surface area (Å²) in [6, 6.07) is 9.41. The number of ether oxygens (including phenoxy) is 1. The van der Waals surface area contributed by atoms with Gasteiger partial charge in [-0.1, -0.05) is 12.1 Å². The predicted molar refractivity (Wildman–Crippen MR) is 104 cm³/mol. The Kier molecular flexibility index (Phi) is 6.08. The molecule has 0 aliphatic rings. The lowest BCUT2D eigenvalue weighted by Gasteiger charge is -2.06. The standard InChI is InChI=1S/C17H10ClFN6O5/c18-17-20-9-13(19)16(22-17)30-12-3-1-2-10(6-12)8-21-23-14-5-4-11(24(26)27)7-15(14)25(28)29/h1-9,23H/b21-8-. The van der Waals surface area contributed by atoms with Crippen molar-refractivity contribution in [1.29, 1.82) is 0 Å². The molecule has 11 nitrogen and oxygen atoms in total. The van der Waals surface area contributed by atoms with Gasteiger partial charge in [-0.15, -0.1) is 0 Å². The first kappa shape index (κ1) is 20.5. The van der Waals surface area contributed by atoms with Gasteiger partial charge in [0.25, 0.3) is 11.6 Å². The lowest BCUT2D eigenvalue weighted by Crippen LogP contribution is -1.99. The molecule has 152 valence electrons. The lowest BCUT2D eigenvalue weighted by atomic mass is 10.2. The first-order chi connectivity index (χ1) is 14.3. The zero-order valence-corrected chi connectivity index (χ0v) is 15.5. The molecule has 0 aliphatic carbocycles. The molecule has 0 saturated heterocycles. The highest BCUT2D eigenvalue weighted by Gasteiger charge is 2.19. The molecule has 2 aromatic carbocycles. The van der Waals surface area contributed by atoms with Crippen LogP contribution in [0.25, 0.3) is 0 Å². The van der Waals surface area contributed by atoms with Gasteiger partial charge in [-0.05, 0) is 35.4 Å². The molecule has 0 bridgehead atoms. The Hall–Kier alpha value is -4.19. The minimum Gasteiger partial charge on any atom is -0.436 e. The van der Waals surface area contributed by atoms with Gasteiger partial charge in [0.05, 0.1) is 28.3 Å². The first-order valence-corrected chi connectivity index (χ1v) is 8.39. The Bertz CT molecular complexity index is 1160. The minimum absolute atomic E-state index is 0.0352. The number of non-ortho nitro benzene ring substituents is 1. The average molecular weight is 433 g/mol. The fraction of sp³-hybridized carbons (Fsp3) is 0. The number of anilines is 1. The van der Waals surface area contributed by atoms with Crippen molar-refractivity contribution < 1.29 is 19.0 Å². The molecule has 30 heavy (non-hydrogen) atoms. The third-order valence-electron chi connectivity index (χ3n) is 3.54. The number of hydrazone groups is 1. The van der Waals surface area contributed by atoms with E-state index in [0.717, 1.165) is 18.3 Å². The number of nitrogens with zero attached hydrogens (tertiary/aromatic N) is 5. The van der Waals surface area contributed by atoms with Crippen LogP contribution in [0.2, 0.25) is 5.28 Å². The van der Waals surface area contributed by atoms with Crippen molar-refractivity contribution in [3.63, 3.8) is 0 Å². The van der Waals surface area contributed by atoms with Crippen molar-refractivity contribution in [3.8, 4) is 11.6 Å². The van der Waals surface area contributed by atoms with Crippen LogP contribution in [-0.2, 0) is 0 Å². The summed E-state index contributed by atoms with van der Waals surface area (Å²) in [5, 5.41) is 25.6. The van der Waals surface area contributed by atoms with Crippen molar-refractivity contribution in [2.24, 2.45) is 5.10 Å². The van der Waals surface area contributed by atoms with E-state index >= 15 is 0 Å². The van der Waals surface area contributed by atoms with Gasteiger partial charge in [0, 0.05) is 6.07 Å². The van der Waals surface area contributed by atoms with Gasteiger partial charge in [-0.2, -0.15) is 14.5 Å².